The third-order valence-electron chi connectivity index (χ3n) is 5.24. The van der Waals surface area contributed by atoms with Gasteiger partial charge in [0.15, 0.2) is 0 Å². The van der Waals surface area contributed by atoms with Crippen molar-refractivity contribution in [2.75, 3.05) is 19.6 Å². The molecule has 0 radical (unpaired) electrons. The van der Waals surface area contributed by atoms with Gasteiger partial charge in [-0.1, -0.05) is 36.4 Å². The predicted octanol–water partition coefficient (Wildman–Crippen LogP) is 2.48. The van der Waals surface area contributed by atoms with Crippen LogP contribution in [0.5, 0.6) is 0 Å². The molecule has 144 valence electrons. The summed E-state index contributed by atoms with van der Waals surface area (Å²) < 4.78 is 1.57. The van der Waals surface area contributed by atoms with E-state index in [2.05, 4.69) is 17.1 Å². The first-order valence-electron chi connectivity index (χ1n) is 9.47. The summed E-state index contributed by atoms with van der Waals surface area (Å²) in [6, 6.07) is 16.5. The van der Waals surface area contributed by atoms with Crippen LogP contribution in [0, 0.1) is 0 Å². The fourth-order valence-electron chi connectivity index (χ4n) is 4.00. The van der Waals surface area contributed by atoms with Crippen LogP contribution in [0.25, 0.3) is 16.5 Å². The second-order valence-electron chi connectivity index (χ2n) is 7.24. The number of benzene rings is 2. The molecule has 2 N–H and O–H groups in total. The Balaban J connectivity index is 2.00. The first kappa shape index (κ1) is 18.4. The maximum absolute atomic E-state index is 13.4. The molecule has 0 spiro atoms. The first-order valence-corrected chi connectivity index (χ1v) is 9.47. The number of carboxylic acid groups (broad SMARTS) is 1. The second kappa shape index (κ2) is 7.58. The van der Waals surface area contributed by atoms with Crippen molar-refractivity contribution < 1.29 is 9.90 Å². The molecule has 1 atom stereocenters. The molecule has 1 aliphatic rings. The summed E-state index contributed by atoms with van der Waals surface area (Å²) in [5.74, 6) is -1.01. The van der Waals surface area contributed by atoms with Gasteiger partial charge in [0.1, 0.15) is 0 Å². The van der Waals surface area contributed by atoms with E-state index in [0.29, 0.717) is 34.7 Å². The number of nitrogens with zero attached hydrogens (tertiary/aromatic N) is 2. The number of fused-ring (bicyclic) bond motifs is 1. The molecular formula is C22H23N3O3. The van der Waals surface area contributed by atoms with Crippen molar-refractivity contribution in [3.05, 3.63) is 76.2 Å². The molecule has 2 aromatic carbocycles. The quantitative estimate of drug-likeness (QED) is 0.731. The second-order valence-corrected chi connectivity index (χ2v) is 7.24. The molecule has 0 amide bonds. The molecule has 0 bridgehead atoms. The molecule has 1 aliphatic heterocycles. The predicted molar refractivity (Wildman–Crippen MR) is 109 cm³/mol. The summed E-state index contributed by atoms with van der Waals surface area (Å²) in [6.07, 6.45) is 0. The summed E-state index contributed by atoms with van der Waals surface area (Å²) in [5.41, 5.74) is 1.21. The van der Waals surface area contributed by atoms with E-state index in [0.717, 1.165) is 19.6 Å². The molecule has 1 saturated heterocycles. The van der Waals surface area contributed by atoms with Gasteiger partial charge >= 0.3 is 5.97 Å². The Morgan fingerprint density at radius 1 is 1.11 bits per heavy atom. The Morgan fingerprint density at radius 3 is 2.46 bits per heavy atom. The van der Waals surface area contributed by atoms with Crippen LogP contribution in [0.3, 0.4) is 0 Å². The molecule has 0 aliphatic carbocycles. The topological polar surface area (TPSA) is 74.6 Å². The summed E-state index contributed by atoms with van der Waals surface area (Å²) in [5, 5.41) is 14.4. The minimum atomic E-state index is -1.01. The highest BCUT2D eigenvalue weighted by atomic mass is 16.4. The van der Waals surface area contributed by atoms with Crippen molar-refractivity contribution in [2.45, 2.75) is 19.5 Å². The summed E-state index contributed by atoms with van der Waals surface area (Å²) in [4.78, 5) is 27.9. The highest BCUT2D eigenvalue weighted by Crippen LogP contribution is 2.24. The molecule has 1 fully saturated rings. The lowest BCUT2D eigenvalue weighted by atomic mass is 10.0. The number of rotatable bonds is 4. The number of carboxylic acids is 1. The van der Waals surface area contributed by atoms with Gasteiger partial charge in [-0.3, -0.25) is 14.3 Å². The molecule has 28 heavy (non-hydrogen) atoms. The Kier molecular flexibility index (Phi) is 4.98. The summed E-state index contributed by atoms with van der Waals surface area (Å²) in [6.45, 7) is 4.96. The number of piperazine rings is 1. The number of aromatic carboxylic acids is 1. The SMILES string of the molecule is C[C@@H]1CN(Cc2c(C(=O)O)c3ccccc3c(=O)n2-c2ccccc2)CCN1. The van der Waals surface area contributed by atoms with Crippen LogP contribution in [0.4, 0.5) is 0 Å². The van der Waals surface area contributed by atoms with Gasteiger partial charge in [-0.25, -0.2) is 4.79 Å². The number of pyridine rings is 1. The van der Waals surface area contributed by atoms with Crippen LogP contribution < -0.4 is 10.9 Å². The van der Waals surface area contributed by atoms with E-state index in [-0.39, 0.29) is 11.1 Å². The fraction of sp³-hybridized carbons (Fsp3) is 0.273. The number of hydrogen-bond donors (Lipinski definition) is 2. The van der Waals surface area contributed by atoms with Crippen molar-refractivity contribution in [3.8, 4) is 5.69 Å². The highest BCUT2D eigenvalue weighted by molar-refractivity contribution is 6.04. The average molecular weight is 377 g/mol. The van der Waals surface area contributed by atoms with Crippen molar-refractivity contribution >= 4 is 16.7 Å². The minimum absolute atomic E-state index is 0.190. The third kappa shape index (κ3) is 3.32. The lowest BCUT2D eigenvalue weighted by Gasteiger charge is -2.33. The van der Waals surface area contributed by atoms with E-state index in [4.69, 9.17) is 0 Å². The maximum atomic E-state index is 13.4. The highest BCUT2D eigenvalue weighted by Gasteiger charge is 2.25. The van der Waals surface area contributed by atoms with E-state index < -0.39 is 5.97 Å². The zero-order chi connectivity index (χ0) is 19.7. The number of nitrogens with one attached hydrogen (secondary N) is 1. The van der Waals surface area contributed by atoms with E-state index in [1.54, 1.807) is 28.8 Å². The molecule has 6 nitrogen and oxygen atoms in total. The molecule has 1 aromatic heterocycles. The van der Waals surface area contributed by atoms with Crippen LogP contribution in [0.1, 0.15) is 23.0 Å². The molecule has 4 rings (SSSR count). The van der Waals surface area contributed by atoms with Gasteiger partial charge in [0.05, 0.1) is 11.3 Å². The molecule has 0 saturated carbocycles. The van der Waals surface area contributed by atoms with Crippen molar-refractivity contribution in [1.29, 1.82) is 0 Å². The largest absolute Gasteiger partial charge is 0.478 e. The van der Waals surface area contributed by atoms with Crippen molar-refractivity contribution in [1.82, 2.24) is 14.8 Å². The van der Waals surface area contributed by atoms with E-state index in [1.165, 1.54) is 0 Å². The number of carbonyl (C=O) groups is 1. The maximum Gasteiger partial charge on any atom is 0.338 e. The van der Waals surface area contributed by atoms with Crippen LogP contribution in [0.15, 0.2) is 59.4 Å². The number of para-hydroxylation sites is 1. The molecule has 3 aromatic rings. The summed E-state index contributed by atoms with van der Waals surface area (Å²) >= 11 is 0. The van der Waals surface area contributed by atoms with Crippen LogP contribution in [-0.2, 0) is 6.54 Å². The van der Waals surface area contributed by atoms with Gasteiger partial charge in [0.2, 0.25) is 0 Å². The van der Waals surface area contributed by atoms with Crippen LogP contribution >= 0.6 is 0 Å². The van der Waals surface area contributed by atoms with Gasteiger partial charge in [0, 0.05) is 48.7 Å². The van der Waals surface area contributed by atoms with Gasteiger partial charge in [-0.2, -0.15) is 0 Å². The minimum Gasteiger partial charge on any atom is -0.478 e. The Labute approximate surface area is 163 Å². The van der Waals surface area contributed by atoms with Crippen LogP contribution in [0.2, 0.25) is 0 Å². The monoisotopic (exact) mass is 377 g/mol. The van der Waals surface area contributed by atoms with Crippen molar-refractivity contribution in [2.24, 2.45) is 0 Å². The Morgan fingerprint density at radius 2 is 1.79 bits per heavy atom. The first-order chi connectivity index (χ1) is 13.6. The standard InChI is InChI=1S/C22H23N3O3/c1-15-13-24(12-11-23-15)14-19-20(22(27)28)17-9-5-6-10-18(17)21(26)25(19)16-7-3-2-4-8-16/h2-10,15,23H,11-14H2,1H3,(H,27,28)/t15-/m1/s1. The molecule has 6 heteroatoms. The molecule has 2 heterocycles. The normalized spacial score (nSPS) is 17.7. The Hall–Kier alpha value is -2.96. The van der Waals surface area contributed by atoms with E-state index in [1.807, 2.05) is 30.3 Å². The third-order valence-corrected chi connectivity index (χ3v) is 5.24. The van der Waals surface area contributed by atoms with Gasteiger partial charge in [0.25, 0.3) is 5.56 Å². The zero-order valence-electron chi connectivity index (χ0n) is 15.8. The number of hydrogen-bond acceptors (Lipinski definition) is 4. The smallest absolute Gasteiger partial charge is 0.338 e. The van der Waals surface area contributed by atoms with Gasteiger partial charge in [-0.15, -0.1) is 0 Å². The average Bonchev–Trinajstić information content (AvgIpc) is 2.69. The van der Waals surface area contributed by atoms with Crippen molar-refractivity contribution in [3.63, 3.8) is 0 Å². The lowest BCUT2D eigenvalue weighted by Crippen LogP contribution is -2.49. The fourth-order valence-corrected chi connectivity index (χ4v) is 4.00. The van der Waals surface area contributed by atoms with E-state index in [9.17, 15) is 14.7 Å². The Bertz CT molecular complexity index is 1080. The molecule has 0 unspecified atom stereocenters. The zero-order valence-corrected chi connectivity index (χ0v) is 15.8. The summed E-state index contributed by atoms with van der Waals surface area (Å²) in [7, 11) is 0. The van der Waals surface area contributed by atoms with E-state index >= 15 is 0 Å². The molecular weight excluding hydrogens is 354 g/mol. The lowest BCUT2D eigenvalue weighted by molar-refractivity contribution is 0.0695. The van der Waals surface area contributed by atoms with Gasteiger partial charge < -0.3 is 10.4 Å². The van der Waals surface area contributed by atoms with Gasteiger partial charge in [-0.05, 0) is 25.1 Å². The van der Waals surface area contributed by atoms with Crippen LogP contribution in [-0.4, -0.2) is 46.2 Å². The number of aromatic nitrogens is 1.